The lowest BCUT2D eigenvalue weighted by molar-refractivity contribution is 0.651. The highest BCUT2D eigenvalue weighted by molar-refractivity contribution is 7.98. The van der Waals surface area contributed by atoms with Gasteiger partial charge in [-0.15, -0.1) is 10.2 Å². The summed E-state index contributed by atoms with van der Waals surface area (Å²) in [5.74, 6) is 1.69. The van der Waals surface area contributed by atoms with Gasteiger partial charge in [-0.2, -0.15) is 0 Å². The predicted molar refractivity (Wildman–Crippen MR) is 111 cm³/mol. The van der Waals surface area contributed by atoms with Crippen LogP contribution in [0.15, 0.2) is 65.8 Å². The second kappa shape index (κ2) is 8.11. The Hall–Kier alpha value is -2.37. The van der Waals surface area contributed by atoms with Gasteiger partial charge in [-0.05, 0) is 24.6 Å². The van der Waals surface area contributed by atoms with Gasteiger partial charge in [0.1, 0.15) is 11.0 Å². The number of rotatable bonds is 6. The molecule has 0 atom stereocenters. The van der Waals surface area contributed by atoms with Crippen molar-refractivity contribution in [2.75, 3.05) is 0 Å². The fourth-order valence-electron chi connectivity index (χ4n) is 3.03. The lowest BCUT2D eigenvalue weighted by Gasteiger charge is -2.08. The number of para-hydroxylation sites is 1. The number of hydrogen-bond acceptors (Lipinski definition) is 4. The smallest absolute Gasteiger partial charge is 0.191 e. The van der Waals surface area contributed by atoms with E-state index in [-0.39, 0.29) is 0 Å². The maximum absolute atomic E-state index is 6.39. The molecule has 0 spiro atoms. The second-order valence-electron chi connectivity index (χ2n) is 6.23. The number of nitrogens with zero attached hydrogens (tertiary/aromatic N) is 4. The lowest BCUT2D eigenvalue weighted by atomic mass is 10.1. The zero-order valence-electron chi connectivity index (χ0n) is 15.0. The zero-order valence-corrected chi connectivity index (χ0v) is 16.5. The van der Waals surface area contributed by atoms with E-state index in [1.54, 1.807) is 11.8 Å². The number of halogens is 1. The maximum atomic E-state index is 6.39. The Morgan fingerprint density at radius 2 is 1.78 bits per heavy atom. The van der Waals surface area contributed by atoms with Gasteiger partial charge in [0.2, 0.25) is 0 Å². The van der Waals surface area contributed by atoms with Gasteiger partial charge in [-0.25, -0.2) is 4.98 Å². The van der Waals surface area contributed by atoms with Gasteiger partial charge < -0.3 is 4.57 Å². The van der Waals surface area contributed by atoms with Crippen LogP contribution in [0.1, 0.15) is 23.9 Å². The quantitative estimate of drug-likeness (QED) is 0.325. The molecule has 0 bridgehead atoms. The van der Waals surface area contributed by atoms with Crippen molar-refractivity contribution in [2.24, 2.45) is 0 Å². The van der Waals surface area contributed by atoms with Crippen LogP contribution in [0.2, 0.25) is 5.15 Å². The van der Waals surface area contributed by atoms with Gasteiger partial charge in [0.15, 0.2) is 5.16 Å². The molecule has 4 rings (SSSR count). The SMILES string of the molecule is CCn1c(Cc2ccccc2)nnc1SCc1cc2ccccc2nc1Cl. The standard InChI is InChI=1S/C21H19ClN4S/c1-2-26-19(12-15-8-4-3-5-9-15)24-25-21(26)27-14-17-13-16-10-6-7-11-18(16)23-20(17)22/h3-11,13H,2,12,14H2,1H3. The minimum atomic E-state index is 0.549. The fraction of sp³-hybridized carbons (Fsp3) is 0.190. The number of fused-ring (bicyclic) bond motifs is 1. The number of aromatic nitrogens is 4. The third-order valence-corrected chi connectivity index (χ3v) is 5.76. The molecular weight excluding hydrogens is 376 g/mol. The van der Waals surface area contributed by atoms with Crippen molar-refractivity contribution in [3.63, 3.8) is 0 Å². The van der Waals surface area contributed by atoms with Gasteiger partial charge in [0.05, 0.1) is 5.52 Å². The molecule has 0 radical (unpaired) electrons. The Balaban J connectivity index is 1.54. The molecule has 4 aromatic rings. The molecule has 2 aromatic carbocycles. The van der Waals surface area contributed by atoms with Crippen molar-refractivity contribution in [2.45, 2.75) is 30.8 Å². The first-order valence-corrected chi connectivity index (χ1v) is 10.2. The molecule has 0 aliphatic rings. The highest BCUT2D eigenvalue weighted by atomic mass is 35.5. The molecule has 2 heterocycles. The largest absolute Gasteiger partial charge is 0.306 e. The van der Waals surface area contributed by atoms with Crippen LogP contribution in [0.25, 0.3) is 10.9 Å². The number of hydrogen-bond donors (Lipinski definition) is 0. The molecule has 4 nitrogen and oxygen atoms in total. The summed E-state index contributed by atoms with van der Waals surface area (Å²) >= 11 is 8.03. The van der Waals surface area contributed by atoms with Crippen molar-refractivity contribution in [3.05, 3.63) is 82.8 Å². The van der Waals surface area contributed by atoms with E-state index >= 15 is 0 Å². The second-order valence-corrected chi connectivity index (χ2v) is 7.53. The molecule has 0 aliphatic carbocycles. The van der Waals surface area contributed by atoms with E-state index in [1.807, 2.05) is 36.4 Å². The normalized spacial score (nSPS) is 11.2. The van der Waals surface area contributed by atoms with Crippen LogP contribution in [0.4, 0.5) is 0 Å². The van der Waals surface area contributed by atoms with E-state index in [0.717, 1.165) is 40.4 Å². The Morgan fingerprint density at radius 3 is 2.59 bits per heavy atom. The Kier molecular flexibility index (Phi) is 5.41. The fourth-order valence-corrected chi connectivity index (χ4v) is 4.32. The minimum absolute atomic E-state index is 0.549. The molecule has 136 valence electrons. The predicted octanol–water partition coefficient (Wildman–Crippen LogP) is 5.38. The average Bonchev–Trinajstić information content (AvgIpc) is 3.08. The highest BCUT2D eigenvalue weighted by Crippen LogP contribution is 2.28. The van der Waals surface area contributed by atoms with Gasteiger partial charge in [0, 0.05) is 29.7 Å². The van der Waals surface area contributed by atoms with Crippen LogP contribution < -0.4 is 0 Å². The lowest BCUT2D eigenvalue weighted by Crippen LogP contribution is -2.04. The van der Waals surface area contributed by atoms with Crippen molar-refractivity contribution < 1.29 is 0 Å². The van der Waals surface area contributed by atoms with Gasteiger partial charge in [0.25, 0.3) is 0 Å². The first-order chi connectivity index (χ1) is 13.2. The summed E-state index contributed by atoms with van der Waals surface area (Å²) in [6.07, 6.45) is 0.778. The maximum Gasteiger partial charge on any atom is 0.191 e. The van der Waals surface area contributed by atoms with Crippen LogP contribution in [0.5, 0.6) is 0 Å². The van der Waals surface area contributed by atoms with Crippen molar-refractivity contribution in [3.8, 4) is 0 Å². The summed E-state index contributed by atoms with van der Waals surface area (Å²) in [6, 6.07) is 20.5. The first-order valence-electron chi connectivity index (χ1n) is 8.87. The Labute approximate surface area is 167 Å². The summed E-state index contributed by atoms with van der Waals surface area (Å²) < 4.78 is 2.17. The van der Waals surface area contributed by atoms with E-state index < -0.39 is 0 Å². The molecular formula is C21H19ClN4S. The molecule has 0 saturated heterocycles. The molecule has 0 aliphatic heterocycles. The van der Waals surface area contributed by atoms with Crippen LogP contribution in [0.3, 0.4) is 0 Å². The Bertz CT molecular complexity index is 1060. The van der Waals surface area contributed by atoms with Gasteiger partial charge in [-0.3, -0.25) is 0 Å². The molecule has 2 aromatic heterocycles. The van der Waals surface area contributed by atoms with Crippen LogP contribution in [-0.4, -0.2) is 19.7 Å². The molecule has 0 saturated carbocycles. The third-order valence-electron chi connectivity index (χ3n) is 4.42. The van der Waals surface area contributed by atoms with Crippen molar-refractivity contribution >= 4 is 34.3 Å². The van der Waals surface area contributed by atoms with Crippen molar-refractivity contribution in [1.82, 2.24) is 19.7 Å². The molecule has 27 heavy (non-hydrogen) atoms. The first kappa shape index (κ1) is 18.0. The molecule has 0 amide bonds. The molecule has 0 N–H and O–H groups in total. The number of benzene rings is 2. The average molecular weight is 395 g/mol. The van der Waals surface area contributed by atoms with Crippen LogP contribution >= 0.6 is 23.4 Å². The number of thioether (sulfide) groups is 1. The van der Waals surface area contributed by atoms with Crippen LogP contribution in [0, 0.1) is 0 Å². The zero-order chi connectivity index (χ0) is 18.6. The van der Waals surface area contributed by atoms with E-state index in [2.05, 4.69) is 50.9 Å². The topological polar surface area (TPSA) is 43.6 Å². The Morgan fingerprint density at radius 1 is 1.00 bits per heavy atom. The molecule has 6 heteroatoms. The summed E-state index contributed by atoms with van der Waals surface area (Å²) in [5, 5.41) is 11.4. The van der Waals surface area contributed by atoms with Crippen LogP contribution in [-0.2, 0) is 18.7 Å². The monoisotopic (exact) mass is 394 g/mol. The van der Waals surface area contributed by atoms with E-state index in [0.29, 0.717) is 10.9 Å². The van der Waals surface area contributed by atoms with Gasteiger partial charge in [-0.1, -0.05) is 71.9 Å². The number of pyridine rings is 1. The van der Waals surface area contributed by atoms with E-state index in [9.17, 15) is 0 Å². The van der Waals surface area contributed by atoms with E-state index in [4.69, 9.17) is 11.6 Å². The summed E-state index contributed by atoms with van der Waals surface area (Å²) in [5.41, 5.74) is 3.16. The summed E-state index contributed by atoms with van der Waals surface area (Å²) in [6.45, 7) is 2.95. The van der Waals surface area contributed by atoms with Crippen molar-refractivity contribution in [1.29, 1.82) is 0 Å². The summed E-state index contributed by atoms with van der Waals surface area (Å²) in [7, 11) is 0. The van der Waals surface area contributed by atoms with E-state index in [1.165, 1.54) is 5.56 Å². The molecule has 0 fully saturated rings. The third kappa shape index (κ3) is 3.99. The molecule has 0 unspecified atom stereocenters. The minimum Gasteiger partial charge on any atom is -0.306 e. The highest BCUT2D eigenvalue weighted by Gasteiger charge is 2.13. The van der Waals surface area contributed by atoms with Gasteiger partial charge >= 0.3 is 0 Å². The summed E-state index contributed by atoms with van der Waals surface area (Å²) in [4.78, 5) is 4.50.